The number of benzene rings is 1. The van der Waals surface area contributed by atoms with Crippen molar-refractivity contribution in [2.24, 2.45) is 5.92 Å². The molecule has 1 N–H and O–H groups in total. The summed E-state index contributed by atoms with van der Waals surface area (Å²) >= 11 is 0. The van der Waals surface area contributed by atoms with Crippen molar-refractivity contribution in [1.82, 2.24) is 0 Å². The molecule has 0 saturated carbocycles. The first-order chi connectivity index (χ1) is 9.68. The molecule has 0 bridgehead atoms. The normalized spacial score (nSPS) is 27.1. The van der Waals surface area contributed by atoms with Crippen LogP contribution in [0, 0.1) is 5.92 Å². The molecule has 3 rings (SSSR count). The number of hydrogen-bond donors (Lipinski definition) is 1. The highest BCUT2D eigenvalue weighted by molar-refractivity contribution is 5.38. The SMILES string of the molecule is COc1ccc2c(c1)CC(O)(CC1CCOCC1)CC2. The van der Waals surface area contributed by atoms with Crippen LogP contribution < -0.4 is 4.74 Å². The zero-order valence-electron chi connectivity index (χ0n) is 12.2. The Morgan fingerprint density at radius 1 is 1.30 bits per heavy atom. The lowest BCUT2D eigenvalue weighted by Gasteiger charge is -2.37. The number of aliphatic hydroxyl groups is 1. The highest BCUT2D eigenvalue weighted by Gasteiger charge is 2.35. The molecule has 110 valence electrons. The minimum atomic E-state index is -0.540. The van der Waals surface area contributed by atoms with Crippen LogP contribution in [0.2, 0.25) is 0 Å². The molecule has 20 heavy (non-hydrogen) atoms. The summed E-state index contributed by atoms with van der Waals surface area (Å²) in [7, 11) is 1.69. The van der Waals surface area contributed by atoms with Crippen LogP contribution in [0.1, 0.15) is 36.8 Å². The van der Waals surface area contributed by atoms with Crippen molar-refractivity contribution in [3.05, 3.63) is 29.3 Å². The summed E-state index contributed by atoms with van der Waals surface area (Å²) in [5, 5.41) is 11.0. The molecule has 3 heteroatoms. The average Bonchev–Trinajstić information content (AvgIpc) is 2.47. The molecule has 1 aliphatic heterocycles. The number of rotatable bonds is 3. The van der Waals surface area contributed by atoms with E-state index in [2.05, 4.69) is 12.1 Å². The minimum absolute atomic E-state index is 0.540. The van der Waals surface area contributed by atoms with Gasteiger partial charge in [-0.15, -0.1) is 0 Å². The molecule has 1 aliphatic carbocycles. The van der Waals surface area contributed by atoms with Crippen molar-refractivity contribution in [1.29, 1.82) is 0 Å². The lowest BCUT2D eigenvalue weighted by atomic mass is 9.74. The van der Waals surface area contributed by atoms with E-state index in [1.54, 1.807) is 7.11 Å². The smallest absolute Gasteiger partial charge is 0.119 e. The standard InChI is InChI=1S/C17H24O3/c1-19-16-3-2-14-4-7-17(18,12-15(14)10-16)11-13-5-8-20-9-6-13/h2-3,10,13,18H,4-9,11-12H2,1H3. The van der Waals surface area contributed by atoms with Gasteiger partial charge in [-0.3, -0.25) is 0 Å². The Hall–Kier alpha value is -1.06. The lowest BCUT2D eigenvalue weighted by Crippen LogP contribution is -2.38. The van der Waals surface area contributed by atoms with Crippen LogP contribution in [0.25, 0.3) is 0 Å². The summed E-state index contributed by atoms with van der Waals surface area (Å²) in [5.74, 6) is 1.50. The Kier molecular flexibility index (Phi) is 3.99. The van der Waals surface area contributed by atoms with Gasteiger partial charge in [0, 0.05) is 19.6 Å². The summed E-state index contributed by atoms with van der Waals surface area (Å²) < 4.78 is 10.7. The van der Waals surface area contributed by atoms with Crippen molar-refractivity contribution in [3.8, 4) is 5.75 Å². The van der Waals surface area contributed by atoms with Crippen LogP contribution in [0.4, 0.5) is 0 Å². The summed E-state index contributed by atoms with van der Waals surface area (Å²) in [6.07, 6.45) is 5.70. The number of fused-ring (bicyclic) bond motifs is 1. The van der Waals surface area contributed by atoms with Gasteiger partial charge in [0.2, 0.25) is 0 Å². The molecule has 0 spiro atoms. The van der Waals surface area contributed by atoms with Gasteiger partial charge < -0.3 is 14.6 Å². The fourth-order valence-electron chi connectivity index (χ4n) is 3.61. The van der Waals surface area contributed by atoms with E-state index < -0.39 is 5.60 Å². The number of methoxy groups -OCH3 is 1. The number of aryl methyl sites for hydroxylation is 1. The lowest BCUT2D eigenvalue weighted by molar-refractivity contribution is -0.0207. The Labute approximate surface area is 120 Å². The van der Waals surface area contributed by atoms with Gasteiger partial charge in [0.25, 0.3) is 0 Å². The average molecular weight is 276 g/mol. The second-order valence-corrected chi connectivity index (χ2v) is 6.30. The molecule has 3 nitrogen and oxygen atoms in total. The molecule has 2 aliphatic rings. The van der Waals surface area contributed by atoms with E-state index in [0.717, 1.165) is 57.5 Å². The second-order valence-electron chi connectivity index (χ2n) is 6.30. The molecule has 1 aromatic carbocycles. The molecule has 1 aromatic rings. The molecular weight excluding hydrogens is 252 g/mol. The summed E-state index contributed by atoms with van der Waals surface area (Å²) in [6, 6.07) is 6.24. The maximum atomic E-state index is 11.0. The van der Waals surface area contributed by atoms with Crippen molar-refractivity contribution >= 4 is 0 Å². The van der Waals surface area contributed by atoms with Crippen LogP contribution in [-0.2, 0) is 17.6 Å². The summed E-state index contributed by atoms with van der Waals surface area (Å²) in [5.41, 5.74) is 2.08. The third kappa shape index (κ3) is 2.99. The van der Waals surface area contributed by atoms with E-state index in [9.17, 15) is 5.11 Å². The van der Waals surface area contributed by atoms with E-state index in [-0.39, 0.29) is 0 Å². The molecular formula is C17H24O3. The molecule has 1 atom stereocenters. The molecule has 1 saturated heterocycles. The number of hydrogen-bond acceptors (Lipinski definition) is 3. The van der Waals surface area contributed by atoms with Gasteiger partial charge >= 0.3 is 0 Å². The molecule has 1 fully saturated rings. The monoisotopic (exact) mass is 276 g/mol. The molecule has 1 heterocycles. The predicted molar refractivity (Wildman–Crippen MR) is 78.1 cm³/mol. The van der Waals surface area contributed by atoms with Crippen molar-refractivity contribution in [2.75, 3.05) is 20.3 Å². The van der Waals surface area contributed by atoms with Crippen LogP contribution in [0.15, 0.2) is 18.2 Å². The van der Waals surface area contributed by atoms with Gasteiger partial charge in [0.15, 0.2) is 0 Å². The highest BCUT2D eigenvalue weighted by atomic mass is 16.5. The van der Waals surface area contributed by atoms with E-state index in [0.29, 0.717) is 5.92 Å². The molecule has 0 aromatic heterocycles. The third-order valence-electron chi connectivity index (χ3n) is 4.80. The van der Waals surface area contributed by atoms with E-state index in [1.165, 1.54) is 11.1 Å². The van der Waals surface area contributed by atoms with E-state index in [1.807, 2.05) is 6.07 Å². The first kappa shape index (κ1) is 13.9. The largest absolute Gasteiger partial charge is 0.497 e. The van der Waals surface area contributed by atoms with Gasteiger partial charge in [0.05, 0.1) is 12.7 Å². The van der Waals surface area contributed by atoms with Gasteiger partial charge in [-0.1, -0.05) is 6.07 Å². The highest BCUT2D eigenvalue weighted by Crippen LogP contribution is 2.36. The zero-order chi connectivity index (χ0) is 14.0. The van der Waals surface area contributed by atoms with Crippen molar-refractivity contribution < 1.29 is 14.6 Å². The first-order valence-corrected chi connectivity index (χ1v) is 7.64. The summed E-state index contributed by atoms with van der Waals surface area (Å²) in [4.78, 5) is 0. The topological polar surface area (TPSA) is 38.7 Å². The van der Waals surface area contributed by atoms with Gasteiger partial charge in [0.1, 0.15) is 5.75 Å². The van der Waals surface area contributed by atoms with Crippen LogP contribution in [0.5, 0.6) is 5.75 Å². The van der Waals surface area contributed by atoms with Gasteiger partial charge in [-0.25, -0.2) is 0 Å². The third-order valence-corrected chi connectivity index (χ3v) is 4.80. The van der Waals surface area contributed by atoms with Crippen LogP contribution >= 0.6 is 0 Å². The van der Waals surface area contributed by atoms with E-state index >= 15 is 0 Å². The Morgan fingerprint density at radius 2 is 2.10 bits per heavy atom. The first-order valence-electron chi connectivity index (χ1n) is 7.64. The van der Waals surface area contributed by atoms with Gasteiger partial charge in [-0.05, 0) is 61.3 Å². The fraction of sp³-hybridized carbons (Fsp3) is 0.647. The molecule has 1 unspecified atom stereocenters. The zero-order valence-corrected chi connectivity index (χ0v) is 12.2. The Morgan fingerprint density at radius 3 is 2.85 bits per heavy atom. The maximum Gasteiger partial charge on any atom is 0.119 e. The van der Waals surface area contributed by atoms with Crippen molar-refractivity contribution in [2.45, 2.75) is 44.1 Å². The quantitative estimate of drug-likeness (QED) is 0.922. The fourth-order valence-corrected chi connectivity index (χ4v) is 3.61. The van der Waals surface area contributed by atoms with Crippen LogP contribution in [-0.4, -0.2) is 31.0 Å². The predicted octanol–water partition coefficient (Wildman–Crippen LogP) is 2.73. The minimum Gasteiger partial charge on any atom is -0.497 e. The molecule has 0 amide bonds. The van der Waals surface area contributed by atoms with Gasteiger partial charge in [-0.2, -0.15) is 0 Å². The second kappa shape index (κ2) is 5.74. The Bertz CT molecular complexity index is 465. The van der Waals surface area contributed by atoms with E-state index in [4.69, 9.17) is 9.47 Å². The maximum absolute atomic E-state index is 11.0. The Balaban J connectivity index is 1.72. The molecule has 0 radical (unpaired) electrons. The van der Waals surface area contributed by atoms with Crippen molar-refractivity contribution in [3.63, 3.8) is 0 Å². The van der Waals surface area contributed by atoms with Crippen LogP contribution in [0.3, 0.4) is 0 Å². The number of ether oxygens (including phenoxy) is 2. The summed E-state index contributed by atoms with van der Waals surface area (Å²) in [6.45, 7) is 1.70.